The Balaban J connectivity index is 1.76. The monoisotopic (exact) mass is 402 g/mol. The van der Waals surface area contributed by atoms with Crippen molar-refractivity contribution in [3.63, 3.8) is 0 Å². The molecule has 1 aliphatic carbocycles. The van der Waals surface area contributed by atoms with Gasteiger partial charge in [-0.3, -0.25) is 15.4 Å². The quantitative estimate of drug-likeness (QED) is 0.416. The molecule has 0 spiro atoms. The summed E-state index contributed by atoms with van der Waals surface area (Å²) in [7, 11) is 0. The first-order valence-corrected chi connectivity index (χ1v) is 9.24. The summed E-state index contributed by atoms with van der Waals surface area (Å²) in [5.74, 6) is 5.22. The smallest absolute Gasteiger partial charge is 0.351 e. The Morgan fingerprint density at radius 1 is 1.31 bits per heavy atom. The van der Waals surface area contributed by atoms with Crippen LogP contribution < -0.4 is 10.8 Å². The molecule has 9 heteroatoms. The van der Waals surface area contributed by atoms with E-state index in [2.05, 4.69) is 27.1 Å². The van der Waals surface area contributed by atoms with Gasteiger partial charge in [0.25, 0.3) is 0 Å². The Morgan fingerprint density at radius 2 is 2.10 bits per heavy atom. The molecule has 2 atom stereocenters. The number of aromatic nitrogens is 3. The third kappa shape index (κ3) is 4.83. The average molecular weight is 402 g/mol. The first-order valence-electron chi connectivity index (χ1n) is 9.24. The number of nitrogens with one attached hydrogen (secondary N) is 3. The van der Waals surface area contributed by atoms with Crippen molar-refractivity contribution in [3.8, 4) is 11.8 Å². The highest BCUT2D eigenvalue weighted by Crippen LogP contribution is 2.32. The predicted molar refractivity (Wildman–Crippen MR) is 102 cm³/mol. The van der Waals surface area contributed by atoms with Crippen LogP contribution in [-0.4, -0.2) is 26.4 Å². The van der Waals surface area contributed by atoms with Crippen molar-refractivity contribution in [3.05, 3.63) is 47.3 Å². The molecule has 0 saturated heterocycles. The lowest BCUT2D eigenvalue weighted by Gasteiger charge is -2.30. The van der Waals surface area contributed by atoms with Gasteiger partial charge in [-0.15, -0.1) is 0 Å². The van der Waals surface area contributed by atoms with Crippen molar-refractivity contribution in [1.29, 1.82) is 10.8 Å². The Kier molecular flexibility index (Phi) is 6.01. The van der Waals surface area contributed by atoms with Gasteiger partial charge in [0, 0.05) is 24.4 Å². The van der Waals surface area contributed by atoms with Gasteiger partial charge < -0.3 is 5.32 Å². The zero-order valence-corrected chi connectivity index (χ0v) is 15.8. The number of pyridine rings is 1. The van der Waals surface area contributed by atoms with E-state index in [1.165, 1.54) is 11.5 Å². The molecule has 6 nitrogen and oxygen atoms in total. The third-order valence-corrected chi connectivity index (χ3v) is 4.85. The zero-order chi connectivity index (χ0) is 21.0. The largest absolute Gasteiger partial charge is 0.420 e. The summed E-state index contributed by atoms with van der Waals surface area (Å²) >= 11 is 0. The minimum atomic E-state index is -4.57. The lowest BCUT2D eigenvalue weighted by atomic mass is 9.84. The highest BCUT2D eigenvalue weighted by Gasteiger charge is 2.35. The molecule has 2 heterocycles. The van der Waals surface area contributed by atoms with E-state index >= 15 is 0 Å². The molecule has 0 amide bonds. The van der Waals surface area contributed by atoms with Gasteiger partial charge in [0.2, 0.25) is 5.95 Å². The van der Waals surface area contributed by atoms with Gasteiger partial charge in [-0.25, -0.2) is 9.97 Å². The summed E-state index contributed by atoms with van der Waals surface area (Å²) in [4.78, 5) is 7.79. The van der Waals surface area contributed by atoms with Crippen LogP contribution in [0.1, 0.15) is 43.9 Å². The van der Waals surface area contributed by atoms with Crippen LogP contribution in [0.15, 0.2) is 30.6 Å². The number of alkyl halides is 3. The summed E-state index contributed by atoms with van der Waals surface area (Å²) in [5, 5.41) is 19.5. The SMILES string of the molecule is CC#Cc1nc(N[C@@H]2CCC[C@H](C(=N)n3ccccc3=N)C2)ncc1C(F)(F)F. The Labute approximate surface area is 166 Å². The van der Waals surface area contributed by atoms with Crippen LogP contribution >= 0.6 is 0 Å². The molecule has 2 aromatic rings. The highest BCUT2D eigenvalue weighted by molar-refractivity contribution is 5.83. The van der Waals surface area contributed by atoms with E-state index in [1.54, 1.807) is 24.4 Å². The molecule has 0 unspecified atom stereocenters. The standard InChI is InChI=1S/C20H21F3N6/c1-2-6-16-15(20(21,22)23)12-26-19(28-16)27-14-8-5-7-13(11-14)18(25)29-10-4-3-9-17(29)24/h3-4,9-10,12-14,24-25H,5,7-8,11H2,1H3,(H,26,27,28)/t13-,14+/m0/s1. The van der Waals surface area contributed by atoms with E-state index in [-0.39, 0.29) is 29.1 Å². The molecular weight excluding hydrogens is 381 g/mol. The number of hydrogen-bond acceptors (Lipinski definition) is 5. The molecule has 0 aromatic carbocycles. The summed E-state index contributed by atoms with van der Waals surface area (Å²) in [5.41, 5.74) is -1.07. The summed E-state index contributed by atoms with van der Waals surface area (Å²) < 4.78 is 40.8. The molecule has 1 saturated carbocycles. The lowest BCUT2D eigenvalue weighted by Crippen LogP contribution is -2.37. The van der Waals surface area contributed by atoms with E-state index in [1.807, 2.05) is 0 Å². The van der Waals surface area contributed by atoms with Crippen LogP contribution in [0.2, 0.25) is 0 Å². The maximum Gasteiger partial charge on any atom is 0.420 e. The van der Waals surface area contributed by atoms with Crippen LogP contribution in [0.3, 0.4) is 0 Å². The van der Waals surface area contributed by atoms with Gasteiger partial charge in [0.1, 0.15) is 22.6 Å². The molecule has 1 aliphatic rings. The zero-order valence-electron chi connectivity index (χ0n) is 15.8. The molecule has 0 radical (unpaired) electrons. The van der Waals surface area contributed by atoms with E-state index < -0.39 is 11.7 Å². The van der Waals surface area contributed by atoms with E-state index in [0.717, 1.165) is 25.5 Å². The first-order chi connectivity index (χ1) is 13.8. The second kappa shape index (κ2) is 8.47. The maximum absolute atomic E-state index is 13.1. The molecule has 0 aliphatic heterocycles. The molecule has 2 aromatic heterocycles. The second-order valence-corrected chi connectivity index (χ2v) is 6.87. The van der Waals surface area contributed by atoms with Crippen molar-refractivity contribution < 1.29 is 13.2 Å². The number of nitrogens with zero attached hydrogens (tertiary/aromatic N) is 3. The molecule has 3 N–H and O–H groups in total. The molecule has 1 fully saturated rings. The molecule has 0 bridgehead atoms. The second-order valence-electron chi connectivity index (χ2n) is 6.87. The average Bonchev–Trinajstić information content (AvgIpc) is 2.67. The number of hydrogen-bond donors (Lipinski definition) is 3. The van der Waals surface area contributed by atoms with E-state index in [4.69, 9.17) is 10.8 Å². The van der Waals surface area contributed by atoms with Crippen molar-refractivity contribution in [2.24, 2.45) is 5.92 Å². The van der Waals surface area contributed by atoms with Gasteiger partial charge >= 0.3 is 6.18 Å². The molecule has 152 valence electrons. The topological polar surface area (TPSA) is 90.4 Å². The molecule has 3 rings (SSSR count). The summed E-state index contributed by atoms with van der Waals surface area (Å²) in [6.45, 7) is 1.45. The van der Waals surface area contributed by atoms with Gasteiger partial charge in [0.05, 0.1) is 0 Å². The predicted octanol–water partition coefficient (Wildman–Crippen LogP) is 3.64. The van der Waals surface area contributed by atoms with Crippen LogP contribution in [-0.2, 0) is 6.18 Å². The van der Waals surface area contributed by atoms with Gasteiger partial charge in [-0.2, -0.15) is 13.2 Å². The van der Waals surface area contributed by atoms with Gasteiger partial charge in [-0.05, 0) is 44.2 Å². The van der Waals surface area contributed by atoms with Crippen LogP contribution in [0.25, 0.3) is 0 Å². The Hall–Kier alpha value is -3.15. The number of rotatable bonds is 3. The minimum absolute atomic E-state index is 0.0675. The summed E-state index contributed by atoms with van der Waals surface area (Å²) in [6, 6.07) is 5.07. The third-order valence-electron chi connectivity index (χ3n) is 4.85. The van der Waals surface area contributed by atoms with Crippen LogP contribution in [0.4, 0.5) is 19.1 Å². The van der Waals surface area contributed by atoms with Crippen molar-refractivity contribution in [2.75, 3.05) is 5.32 Å². The highest BCUT2D eigenvalue weighted by atomic mass is 19.4. The fraction of sp³-hybridized carbons (Fsp3) is 0.400. The summed E-state index contributed by atoms with van der Waals surface area (Å²) in [6.07, 6.45) is 0.964. The Morgan fingerprint density at radius 3 is 2.79 bits per heavy atom. The molecule has 29 heavy (non-hydrogen) atoms. The maximum atomic E-state index is 13.1. The number of anilines is 1. The fourth-order valence-corrected chi connectivity index (χ4v) is 3.47. The minimum Gasteiger partial charge on any atom is -0.351 e. The van der Waals surface area contributed by atoms with E-state index in [0.29, 0.717) is 12.3 Å². The van der Waals surface area contributed by atoms with Crippen molar-refractivity contribution in [2.45, 2.75) is 44.8 Å². The number of halogens is 3. The van der Waals surface area contributed by atoms with Crippen LogP contribution in [0, 0.1) is 28.6 Å². The van der Waals surface area contributed by atoms with E-state index in [9.17, 15) is 13.2 Å². The Bertz CT molecular complexity index is 1020. The van der Waals surface area contributed by atoms with Crippen molar-refractivity contribution >= 4 is 11.8 Å². The lowest BCUT2D eigenvalue weighted by molar-refractivity contribution is -0.138. The normalized spacial score (nSPS) is 19.2. The van der Waals surface area contributed by atoms with Gasteiger partial charge in [0.15, 0.2) is 0 Å². The van der Waals surface area contributed by atoms with Crippen molar-refractivity contribution in [1.82, 2.24) is 14.5 Å². The van der Waals surface area contributed by atoms with Crippen LogP contribution in [0.5, 0.6) is 0 Å². The van der Waals surface area contributed by atoms with Gasteiger partial charge in [-0.1, -0.05) is 18.4 Å². The molecular formula is C20H21F3N6. The fourth-order valence-electron chi connectivity index (χ4n) is 3.47. The first kappa shape index (κ1) is 20.6.